The van der Waals surface area contributed by atoms with Crippen molar-refractivity contribution in [1.82, 2.24) is 0 Å². The maximum absolute atomic E-state index is 12.0. The Morgan fingerprint density at radius 2 is 1.60 bits per heavy atom. The molecule has 0 spiro atoms. The molecule has 0 aromatic heterocycles. The summed E-state index contributed by atoms with van der Waals surface area (Å²) >= 11 is 0. The minimum atomic E-state index is -0.413. The molecule has 1 aliphatic rings. The van der Waals surface area contributed by atoms with Gasteiger partial charge in [0.1, 0.15) is 0 Å². The summed E-state index contributed by atoms with van der Waals surface area (Å²) in [4.78, 5) is 12.0. The molecule has 0 N–H and O–H groups in total. The zero-order valence-corrected chi connectivity index (χ0v) is 11.8. The minimum Gasteiger partial charge on any atom is -0.468 e. The molecule has 1 fully saturated rings. The summed E-state index contributed by atoms with van der Waals surface area (Å²) in [5, 5.41) is 0. The molecule has 0 radical (unpaired) electrons. The van der Waals surface area contributed by atoms with E-state index in [1.54, 1.807) is 0 Å². The van der Waals surface area contributed by atoms with Crippen LogP contribution in [0.1, 0.15) is 18.9 Å². The Labute approximate surface area is 119 Å². The molecule has 0 saturated heterocycles. The van der Waals surface area contributed by atoms with Crippen molar-refractivity contribution in [2.45, 2.75) is 18.8 Å². The fourth-order valence-corrected chi connectivity index (χ4v) is 3.00. The van der Waals surface area contributed by atoms with Crippen molar-refractivity contribution in [3.63, 3.8) is 0 Å². The summed E-state index contributed by atoms with van der Waals surface area (Å²) in [6.45, 7) is 2.10. The predicted molar refractivity (Wildman–Crippen MR) is 79.4 cm³/mol. The Kier molecular flexibility index (Phi) is 3.09. The van der Waals surface area contributed by atoms with E-state index in [4.69, 9.17) is 4.74 Å². The van der Waals surface area contributed by atoms with Crippen LogP contribution < -0.4 is 0 Å². The lowest BCUT2D eigenvalue weighted by molar-refractivity contribution is -0.144. The summed E-state index contributed by atoms with van der Waals surface area (Å²) in [5.41, 5.74) is 3.01. The number of hydrogen-bond acceptors (Lipinski definition) is 2. The molecule has 0 amide bonds. The average molecular weight is 266 g/mol. The number of ether oxygens (including phenoxy) is 1. The van der Waals surface area contributed by atoms with E-state index in [0.717, 1.165) is 12.0 Å². The number of benzene rings is 2. The molecule has 2 heteroatoms. The lowest BCUT2D eigenvalue weighted by Crippen LogP contribution is -2.23. The van der Waals surface area contributed by atoms with Crippen LogP contribution in [-0.2, 0) is 14.9 Å². The van der Waals surface area contributed by atoms with Gasteiger partial charge in [-0.3, -0.25) is 4.79 Å². The maximum atomic E-state index is 12.0. The molecule has 0 heterocycles. The molecular weight excluding hydrogens is 248 g/mol. The molecule has 0 bridgehead atoms. The monoisotopic (exact) mass is 266 g/mol. The van der Waals surface area contributed by atoms with Gasteiger partial charge in [-0.1, -0.05) is 61.5 Å². The van der Waals surface area contributed by atoms with Gasteiger partial charge in [0.05, 0.1) is 12.5 Å². The Morgan fingerprint density at radius 3 is 2.10 bits per heavy atom. The number of hydrogen-bond donors (Lipinski definition) is 0. The Hall–Kier alpha value is -2.09. The van der Waals surface area contributed by atoms with E-state index in [0.29, 0.717) is 5.92 Å². The number of carbonyl (C=O) groups is 1. The molecular formula is C18H18O2. The Morgan fingerprint density at radius 1 is 1.05 bits per heavy atom. The van der Waals surface area contributed by atoms with Gasteiger partial charge in [0.2, 0.25) is 0 Å². The second-order valence-electron chi connectivity index (χ2n) is 5.51. The third-order valence-electron chi connectivity index (χ3n) is 4.37. The van der Waals surface area contributed by atoms with E-state index in [1.165, 1.54) is 18.2 Å². The van der Waals surface area contributed by atoms with E-state index in [1.807, 2.05) is 18.2 Å². The Balaban J connectivity index is 1.93. The third kappa shape index (κ3) is 1.92. The summed E-state index contributed by atoms with van der Waals surface area (Å²) in [6, 6.07) is 18.5. The van der Waals surface area contributed by atoms with E-state index >= 15 is 0 Å². The van der Waals surface area contributed by atoms with Crippen LogP contribution in [0.2, 0.25) is 0 Å². The predicted octanol–water partition coefficient (Wildman–Crippen LogP) is 3.80. The number of esters is 1. The van der Waals surface area contributed by atoms with E-state index in [2.05, 4.69) is 43.3 Å². The molecule has 2 aromatic rings. The summed E-state index contributed by atoms with van der Waals surface area (Å²) in [7, 11) is 1.47. The van der Waals surface area contributed by atoms with E-state index < -0.39 is 5.41 Å². The first-order valence-corrected chi connectivity index (χ1v) is 6.93. The maximum Gasteiger partial charge on any atom is 0.316 e. The highest BCUT2D eigenvalue weighted by atomic mass is 16.5. The zero-order valence-electron chi connectivity index (χ0n) is 11.8. The van der Waals surface area contributed by atoms with Gasteiger partial charge in [0.15, 0.2) is 0 Å². The van der Waals surface area contributed by atoms with Crippen molar-refractivity contribution in [1.29, 1.82) is 0 Å². The van der Waals surface area contributed by atoms with Gasteiger partial charge >= 0.3 is 5.97 Å². The fraction of sp³-hybridized carbons (Fsp3) is 0.278. The van der Waals surface area contributed by atoms with Crippen LogP contribution in [-0.4, -0.2) is 13.1 Å². The number of rotatable bonds is 3. The minimum absolute atomic E-state index is 0.113. The van der Waals surface area contributed by atoms with Crippen LogP contribution in [0.15, 0.2) is 54.6 Å². The van der Waals surface area contributed by atoms with Crippen LogP contribution in [0.3, 0.4) is 0 Å². The van der Waals surface area contributed by atoms with Gasteiger partial charge in [-0.15, -0.1) is 0 Å². The molecule has 1 aliphatic carbocycles. The highest BCUT2D eigenvalue weighted by Crippen LogP contribution is 2.54. The first-order chi connectivity index (χ1) is 9.68. The van der Waals surface area contributed by atoms with Gasteiger partial charge in [0, 0.05) is 0 Å². The van der Waals surface area contributed by atoms with Crippen molar-refractivity contribution in [2.75, 3.05) is 7.11 Å². The summed E-state index contributed by atoms with van der Waals surface area (Å²) in [6.07, 6.45) is 0.879. The van der Waals surface area contributed by atoms with E-state index in [9.17, 15) is 4.79 Å². The molecule has 2 aromatic carbocycles. The quantitative estimate of drug-likeness (QED) is 0.790. The van der Waals surface area contributed by atoms with Gasteiger partial charge in [0.25, 0.3) is 0 Å². The molecule has 3 rings (SSSR count). The lowest BCUT2D eigenvalue weighted by Gasteiger charge is -2.15. The number of carbonyl (C=O) groups excluding carboxylic acids is 1. The molecule has 1 saturated carbocycles. The van der Waals surface area contributed by atoms with Crippen LogP contribution in [0.4, 0.5) is 0 Å². The van der Waals surface area contributed by atoms with Crippen molar-refractivity contribution in [3.8, 4) is 11.1 Å². The number of methoxy groups -OCH3 is 1. The van der Waals surface area contributed by atoms with Crippen molar-refractivity contribution in [2.24, 2.45) is 5.92 Å². The highest BCUT2D eigenvalue weighted by Gasteiger charge is 2.59. The molecule has 20 heavy (non-hydrogen) atoms. The molecule has 0 aliphatic heterocycles. The van der Waals surface area contributed by atoms with Crippen LogP contribution >= 0.6 is 0 Å². The molecule has 2 nitrogen and oxygen atoms in total. The van der Waals surface area contributed by atoms with Gasteiger partial charge in [-0.25, -0.2) is 0 Å². The van der Waals surface area contributed by atoms with Crippen LogP contribution in [0.25, 0.3) is 11.1 Å². The van der Waals surface area contributed by atoms with Crippen LogP contribution in [0, 0.1) is 5.92 Å². The standard InChI is InChI=1S/C18H18O2/c1-13-12-18(13,17(19)20-2)16-10-8-15(9-11-16)14-6-4-3-5-7-14/h3-11,13H,12H2,1-2H3. The second kappa shape index (κ2) is 4.78. The van der Waals surface area contributed by atoms with Gasteiger partial charge < -0.3 is 4.74 Å². The van der Waals surface area contributed by atoms with Gasteiger partial charge in [-0.05, 0) is 29.0 Å². The third-order valence-corrected chi connectivity index (χ3v) is 4.37. The fourth-order valence-electron chi connectivity index (χ4n) is 3.00. The normalized spacial score (nSPS) is 24.2. The highest BCUT2D eigenvalue weighted by molar-refractivity contribution is 5.87. The SMILES string of the molecule is COC(=O)C1(c2ccc(-c3ccccc3)cc2)CC1C. The largest absolute Gasteiger partial charge is 0.468 e. The Bertz CT molecular complexity index is 616. The summed E-state index contributed by atoms with van der Waals surface area (Å²) in [5.74, 6) is 0.245. The zero-order chi connectivity index (χ0) is 14.2. The first-order valence-electron chi connectivity index (χ1n) is 6.93. The van der Waals surface area contributed by atoms with Crippen LogP contribution in [0.5, 0.6) is 0 Å². The second-order valence-corrected chi connectivity index (χ2v) is 5.51. The molecule has 2 atom stereocenters. The summed E-state index contributed by atoms with van der Waals surface area (Å²) < 4.78 is 4.98. The smallest absolute Gasteiger partial charge is 0.316 e. The van der Waals surface area contributed by atoms with Crippen molar-refractivity contribution < 1.29 is 9.53 Å². The molecule has 102 valence electrons. The topological polar surface area (TPSA) is 26.3 Å². The molecule has 2 unspecified atom stereocenters. The first kappa shape index (κ1) is 12.9. The lowest BCUT2D eigenvalue weighted by atomic mass is 9.92. The van der Waals surface area contributed by atoms with Crippen molar-refractivity contribution >= 4 is 5.97 Å². The van der Waals surface area contributed by atoms with Crippen molar-refractivity contribution in [3.05, 3.63) is 60.2 Å². The average Bonchev–Trinajstić information content (AvgIpc) is 3.20. The van der Waals surface area contributed by atoms with E-state index in [-0.39, 0.29) is 5.97 Å². The van der Waals surface area contributed by atoms with Gasteiger partial charge in [-0.2, -0.15) is 0 Å².